The lowest BCUT2D eigenvalue weighted by atomic mass is 10.0. The highest BCUT2D eigenvalue weighted by Gasteiger charge is 2.46. The molecule has 6 N–H and O–H groups in total. The van der Waals surface area contributed by atoms with Crippen molar-refractivity contribution in [1.29, 1.82) is 0 Å². The lowest BCUT2D eigenvalue weighted by molar-refractivity contribution is 0.867. The number of rotatable bonds is 7. The standard InChI is InChI=1S/C32H37Si.3CH5N/c1-23(2)26-12-9-17-30(20-26)33(29-15-7-8-16-29,31-18-10-13-27(21-31)24(3)4)32-19-11-14-28(22-32)25(5)6;3*1-2/h7-25H,1-6H3;3*2H2,1H3. The molecule has 1 aliphatic rings. The molecule has 0 aromatic heterocycles. The van der Waals surface area contributed by atoms with Crippen LogP contribution < -0.4 is 32.8 Å². The van der Waals surface area contributed by atoms with Gasteiger partial charge in [-0.25, -0.2) is 0 Å². The number of nitrogens with two attached hydrogens (primary N) is 3. The first-order valence-electron chi connectivity index (χ1n) is 14.1. The van der Waals surface area contributed by atoms with E-state index in [0.29, 0.717) is 17.8 Å². The summed E-state index contributed by atoms with van der Waals surface area (Å²) in [4.78, 5) is 0. The van der Waals surface area contributed by atoms with Crippen LogP contribution in [0.1, 0.15) is 76.0 Å². The average molecular weight is 543 g/mol. The van der Waals surface area contributed by atoms with Gasteiger partial charge in [-0.15, -0.1) is 0 Å². The minimum absolute atomic E-state index is 0.500. The molecular formula is C35H52N3Si. The van der Waals surface area contributed by atoms with Gasteiger partial charge in [-0.05, 0) is 71.1 Å². The van der Waals surface area contributed by atoms with Crippen LogP contribution in [-0.2, 0) is 0 Å². The van der Waals surface area contributed by atoms with E-state index in [-0.39, 0.29) is 0 Å². The van der Waals surface area contributed by atoms with Crippen LogP contribution in [-0.4, -0.2) is 29.2 Å². The highest BCUT2D eigenvalue weighted by Crippen LogP contribution is 2.28. The molecule has 0 bridgehead atoms. The second-order valence-corrected chi connectivity index (χ2v) is 14.1. The third kappa shape index (κ3) is 7.89. The Bertz CT molecular complexity index is 1040. The molecule has 0 aliphatic heterocycles. The summed E-state index contributed by atoms with van der Waals surface area (Å²) in [5, 5.41) is 4.42. The monoisotopic (exact) mass is 542 g/mol. The van der Waals surface area contributed by atoms with Gasteiger partial charge in [-0.1, -0.05) is 139 Å². The maximum absolute atomic E-state index is 4.50. The number of hydrogen-bond acceptors (Lipinski definition) is 3. The van der Waals surface area contributed by atoms with Crippen molar-refractivity contribution >= 4 is 23.6 Å². The van der Waals surface area contributed by atoms with Crippen LogP contribution in [0.2, 0.25) is 0 Å². The van der Waals surface area contributed by atoms with Crippen LogP contribution in [0, 0.1) is 5.54 Å². The van der Waals surface area contributed by atoms with Gasteiger partial charge < -0.3 is 17.2 Å². The Balaban J connectivity index is 0.00000119. The summed E-state index contributed by atoms with van der Waals surface area (Å²) < 4.78 is 0. The fourth-order valence-electron chi connectivity index (χ4n) is 5.02. The second kappa shape index (κ2) is 17.0. The summed E-state index contributed by atoms with van der Waals surface area (Å²) >= 11 is 0. The summed E-state index contributed by atoms with van der Waals surface area (Å²) in [5.41, 5.74) is 19.2. The normalized spacial score (nSPS) is 12.5. The van der Waals surface area contributed by atoms with Gasteiger partial charge in [-0.3, -0.25) is 0 Å². The highest BCUT2D eigenvalue weighted by molar-refractivity contribution is 7.15. The topological polar surface area (TPSA) is 78.1 Å². The van der Waals surface area contributed by atoms with E-state index in [1.807, 2.05) is 0 Å². The van der Waals surface area contributed by atoms with Crippen molar-refractivity contribution in [2.24, 2.45) is 17.2 Å². The van der Waals surface area contributed by atoms with Gasteiger partial charge in [-0.2, -0.15) is 0 Å². The van der Waals surface area contributed by atoms with Gasteiger partial charge in [0.05, 0.1) is 0 Å². The SMILES string of the molecule is CC(C)c1cccc([Si]([C]2C=CC=C2)(c2cccc(C(C)C)c2)c2cccc(C(C)C)c2)c1.CN.CN.CN. The lowest BCUT2D eigenvalue weighted by Crippen LogP contribution is -2.70. The number of benzene rings is 3. The molecule has 1 radical (unpaired) electrons. The first kappa shape index (κ1) is 34.3. The van der Waals surface area contributed by atoms with E-state index in [2.05, 4.69) is 156 Å². The van der Waals surface area contributed by atoms with E-state index < -0.39 is 8.07 Å². The Hall–Kier alpha value is -2.76. The molecule has 0 saturated heterocycles. The van der Waals surface area contributed by atoms with Crippen LogP contribution >= 0.6 is 0 Å². The molecule has 0 amide bonds. The zero-order valence-corrected chi connectivity index (χ0v) is 26.7. The highest BCUT2D eigenvalue weighted by atomic mass is 28.3. The molecule has 0 saturated carbocycles. The minimum atomic E-state index is -2.48. The van der Waals surface area contributed by atoms with E-state index in [4.69, 9.17) is 0 Å². The van der Waals surface area contributed by atoms with Crippen molar-refractivity contribution in [2.45, 2.75) is 59.3 Å². The third-order valence-corrected chi connectivity index (χ3v) is 11.8. The van der Waals surface area contributed by atoms with Gasteiger partial charge in [0.15, 0.2) is 8.07 Å². The molecule has 0 spiro atoms. The Morgan fingerprint density at radius 3 is 1.00 bits per heavy atom. The van der Waals surface area contributed by atoms with Crippen molar-refractivity contribution in [2.75, 3.05) is 21.1 Å². The smallest absolute Gasteiger partial charge is 0.162 e. The molecule has 0 atom stereocenters. The quantitative estimate of drug-likeness (QED) is 0.273. The molecule has 3 aromatic carbocycles. The van der Waals surface area contributed by atoms with Gasteiger partial charge in [0, 0.05) is 5.54 Å². The number of allylic oxidation sites excluding steroid dienone is 4. The van der Waals surface area contributed by atoms with Gasteiger partial charge in [0.1, 0.15) is 0 Å². The lowest BCUT2D eigenvalue weighted by Gasteiger charge is -2.38. The van der Waals surface area contributed by atoms with E-state index in [1.165, 1.54) is 58.9 Å². The van der Waals surface area contributed by atoms with Crippen LogP contribution in [0.3, 0.4) is 0 Å². The zero-order chi connectivity index (χ0) is 29.6. The van der Waals surface area contributed by atoms with Gasteiger partial charge >= 0.3 is 0 Å². The minimum Gasteiger partial charge on any atom is -0.333 e. The Labute approximate surface area is 240 Å². The molecule has 0 heterocycles. The number of hydrogen-bond donors (Lipinski definition) is 3. The maximum atomic E-state index is 4.50. The summed E-state index contributed by atoms with van der Waals surface area (Å²) in [5.74, 6) is 1.50. The van der Waals surface area contributed by atoms with Crippen molar-refractivity contribution in [3.05, 3.63) is 119 Å². The molecule has 4 heteroatoms. The Morgan fingerprint density at radius 1 is 0.462 bits per heavy atom. The summed E-state index contributed by atoms with van der Waals surface area (Å²) in [7, 11) is 2.02. The van der Waals surface area contributed by atoms with Gasteiger partial charge in [0.25, 0.3) is 0 Å². The molecule has 1 aliphatic carbocycles. The molecule has 4 rings (SSSR count). The Morgan fingerprint density at radius 2 is 0.744 bits per heavy atom. The second-order valence-electron chi connectivity index (χ2n) is 10.3. The largest absolute Gasteiger partial charge is 0.333 e. The Kier molecular flexibility index (Phi) is 15.0. The first-order valence-corrected chi connectivity index (χ1v) is 16.1. The van der Waals surface area contributed by atoms with Gasteiger partial charge in [0.2, 0.25) is 0 Å². The van der Waals surface area contributed by atoms with E-state index >= 15 is 0 Å². The fourth-order valence-corrected chi connectivity index (χ4v) is 9.90. The van der Waals surface area contributed by atoms with E-state index in [1.54, 1.807) is 0 Å². The van der Waals surface area contributed by atoms with E-state index in [9.17, 15) is 0 Å². The average Bonchev–Trinajstić information content (AvgIpc) is 3.52. The third-order valence-electron chi connectivity index (χ3n) is 7.05. The molecule has 3 aromatic rings. The molecular weight excluding hydrogens is 490 g/mol. The molecule has 3 nitrogen and oxygen atoms in total. The van der Waals surface area contributed by atoms with Crippen molar-refractivity contribution in [3.63, 3.8) is 0 Å². The fraction of sp³-hybridized carbons (Fsp3) is 0.343. The predicted octanol–water partition coefficient (Wildman–Crippen LogP) is 5.49. The van der Waals surface area contributed by atoms with Crippen LogP contribution in [0.25, 0.3) is 0 Å². The van der Waals surface area contributed by atoms with Crippen LogP contribution in [0.15, 0.2) is 97.1 Å². The van der Waals surface area contributed by atoms with Crippen molar-refractivity contribution in [1.82, 2.24) is 0 Å². The van der Waals surface area contributed by atoms with Crippen LogP contribution in [0.5, 0.6) is 0 Å². The summed E-state index contributed by atoms with van der Waals surface area (Å²) in [6, 6.07) is 28.3. The zero-order valence-electron chi connectivity index (χ0n) is 25.7. The molecule has 0 fully saturated rings. The maximum Gasteiger partial charge on any atom is 0.162 e. The molecule has 0 unspecified atom stereocenters. The molecule has 211 valence electrons. The van der Waals surface area contributed by atoms with E-state index in [0.717, 1.165) is 0 Å². The van der Waals surface area contributed by atoms with Crippen molar-refractivity contribution < 1.29 is 0 Å². The van der Waals surface area contributed by atoms with Crippen molar-refractivity contribution in [3.8, 4) is 0 Å². The summed E-state index contributed by atoms with van der Waals surface area (Å²) in [6.07, 6.45) is 9.14. The summed E-state index contributed by atoms with van der Waals surface area (Å²) in [6.45, 7) is 13.8. The molecule has 39 heavy (non-hydrogen) atoms. The first-order chi connectivity index (χ1) is 18.8. The van der Waals surface area contributed by atoms with Crippen LogP contribution in [0.4, 0.5) is 0 Å². The predicted molar refractivity (Wildman–Crippen MR) is 178 cm³/mol.